The van der Waals surface area contributed by atoms with Gasteiger partial charge in [-0.1, -0.05) is 19.1 Å². The lowest BCUT2D eigenvalue weighted by atomic mass is 10.2. The van der Waals surface area contributed by atoms with Crippen molar-refractivity contribution in [2.75, 3.05) is 7.05 Å². The molecule has 0 aliphatic rings. The van der Waals surface area contributed by atoms with E-state index in [0.29, 0.717) is 11.8 Å². The fourth-order valence-corrected chi connectivity index (χ4v) is 2.24. The Kier molecular flexibility index (Phi) is 4.11. The second kappa shape index (κ2) is 5.59. The Morgan fingerprint density at radius 3 is 2.76 bits per heavy atom. The van der Waals surface area contributed by atoms with Crippen molar-refractivity contribution < 1.29 is 4.42 Å². The van der Waals surface area contributed by atoms with E-state index in [2.05, 4.69) is 45.0 Å². The van der Waals surface area contributed by atoms with Crippen molar-refractivity contribution in [1.29, 1.82) is 0 Å². The van der Waals surface area contributed by atoms with E-state index >= 15 is 0 Å². The van der Waals surface area contributed by atoms with Crippen molar-refractivity contribution in [3.8, 4) is 11.5 Å². The maximum Gasteiger partial charge on any atom is 0.248 e. The number of hydrogen-bond donors (Lipinski definition) is 1. The van der Waals surface area contributed by atoms with Crippen molar-refractivity contribution in [3.63, 3.8) is 0 Å². The maximum atomic E-state index is 5.70. The Morgan fingerprint density at radius 2 is 2.12 bits per heavy atom. The molecule has 17 heavy (non-hydrogen) atoms. The molecule has 90 valence electrons. The summed E-state index contributed by atoms with van der Waals surface area (Å²) in [5.74, 6) is 1.23. The van der Waals surface area contributed by atoms with Crippen LogP contribution in [0.15, 0.2) is 28.7 Å². The zero-order chi connectivity index (χ0) is 12.3. The monoisotopic (exact) mass is 343 g/mol. The maximum absolute atomic E-state index is 5.70. The smallest absolute Gasteiger partial charge is 0.248 e. The minimum Gasteiger partial charge on any atom is -0.419 e. The topological polar surface area (TPSA) is 51.0 Å². The molecule has 4 nitrogen and oxygen atoms in total. The van der Waals surface area contributed by atoms with Gasteiger partial charge < -0.3 is 9.73 Å². The fraction of sp³-hybridized carbons (Fsp3) is 0.333. The summed E-state index contributed by atoms with van der Waals surface area (Å²) < 4.78 is 6.81. The van der Waals surface area contributed by atoms with E-state index in [1.807, 2.05) is 31.3 Å². The van der Waals surface area contributed by atoms with E-state index < -0.39 is 0 Å². The number of rotatable bonds is 4. The molecule has 1 atom stereocenters. The van der Waals surface area contributed by atoms with Crippen LogP contribution in [0.5, 0.6) is 0 Å². The van der Waals surface area contributed by atoms with E-state index in [4.69, 9.17) is 4.42 Å². The molecule has 1 N–H and O–H groups in total. The summed E-state index contributed by atoms with van der Waals surface area (Å²) in [6.45, 7) is 2.08. The number of nitrogens with one attached hydrogen (secondary N) is 1. The average molecular weight is 343 g/mol. The summed E-state index contributed by atoms with van der Waals surface area (Å²) in [6, 6.07) is 8.09. The number of aromatic nitrogens is 2. The Balaban J connectivity index is 2.33. The lowest BCUT2D eigenvalue weighted by Crippen LogP contribution is -2.15. The van der Waals surface area contributed by atoms with Gasteiger partial charge in [0.15, 0.2) is 0 Å². The van der Waals surface area contributed by atoms with Crippen molar-refractivity contribution in [2.45, 2.75) is 19.4 Å². The van der Waals surface area contributed by atoms with Crippen LogP contribution in [0.3, 0.4) is 0 Å². The minimum absolute atomic E-state index is 0.123. The molecule has 0 amide bonds. The summed E-state index contributed by atoms with van der Waals surface area (Å²) in [6.07, 6.45) is 0.921. The van der Waals surface area contributed by atoms with Gasteiger partial charge >= 0.3 is 0 Å². The van der Waals surface area contributed by atoms with Crippen LogP contribution in [-0.4, -0.2) is 17.2 Å². The van der Waals surface area contributed by atoms with Gasteiger partial charge in [-0.25, -0.2) is 0 Å². The SMILES string of the molecule is CCC(NC)c1nnc(-c2ccccc2I)o1. The predicted molar refractivity (Wildman–Crippen MR) is 74.5 cm³/mol. The molecule has 0 spiro atoms. The van der Waals surface area contributed by atoms with Crippen molar-refractivity contribution in [3.05, 3.63) is 33.7 Å². The second-order valence-corrected chi connectivity index (χ2v) is 4.84. The van der Waals surface area contributed by atoms with E-state index in [0.717, 1.165) is 15.6 Å². The van der Waals surface area contributed by atoms with Crippen LogP contribution in [0.4, 0.5) is 0 Å². The standard InChI is InChI=1S/C12H14IN3O/c1-3-10(14-2)12-16-15-11(17-12)8-6-4-5-7-9(8)13/h4-7,10,14H,3H2,1-2H3. The van der Waals surface area contributed by atoms with Crippen LogP contribution in [0.2, 0.25) is 0 Å². The highest BCUT2D eigenvalue weighted by atomic mass is 127. The molecule has 0 fully saturated rings. The zero-order valence-electron chi connectivity index (χ0n) is 9.77. The van der Waals surface area contributed by atoms with Gasteiger partial charge in [-0.15, -0.1) is 10.2 Å². The van der Waals surface area contributed by atoms with Gasteiger partial charge in [0, 0.05) is 3.57 Å². The van der Waals surface area contributed by atoms with E-state index in [-0.39, 0.29) is 6.04 Å². The average Bonchev–Trinajstić information content (AvgIpc) is 2.81. The van der Waals surface area contributed by atoms with Gasteiger partial charge in [-0.2, -0.15) is 0 Å². The molecule has 0 saturated heterocycles. The lowest BCUT2D eigenvalue weighted by molar-refractivity contribution is 0.415. The summed E-state index contributed by atoms with van der Waals surface area (Å²) in [5.41, 5.74) is 0.984. The zero-order valence-corrected chi connectivity index (χ0v) is 11.9. The Labute approximate surface area is 114 Å². The van der Waals surface area contributed by atoms with Crippen LogP contribution in [0.25, 0.3) is 11.5 Å². The van der Waals surface area contributed by atoms with E-state index in [9.17, 15) is 0 Å². The first-order valence-corrected chi connectivity index (χ1v) is 6.59. The highest BCUT2D eigenvalue weighted by molar-refractivity contribution is 14.1. The molecule has 1 heterocycles. The van der Waals surface area contributed by atoms with Gasteiger partial charge in [0.05, 0.1) is 11.6 Å². The quantitative estimate of drug-likeness (QED) is 0.867. The number of halogens is 1. The van der Waals surface area contributed by atoms with Gasteiger partial charge in [0.25, 0.3) is 0 Å². The molecule has 2 aromatic rings. The number of benzene rings is 1. The molecule has 0 saturated carbocycles. The third kappa shape index (κ3) is 2.66. The van der Waals surface area contributed by atoms with Crippen LogP contribution in [-0.2, 0) is 0 Å². The van der Waals surface area contributed by atoms with E-state index in [1.54, 1.807) is 0 Å². The summed E-state index contributed by atoms with van der Waals surface area (Å²) in [4.78, 5) is 0. The summed E-state index contributed by atoms with van der Waals surface area (Å²) in [5, 5.41) is 11.3. The molecule has 2 rings (SSSR count). The Bertz CT molecular complexity index is 494. The van der Waals surface area contributed by atoms with Crippen molar-refractivity contribution in [2.24, 2.45) is 0 Å². The molecule has 1 unspecified atom stereocenters. The largest absolute Gasteiger partial charge is 0.419 e. The Morgan fingerprint density at radius 1 is 1.35 bits per heavy atom. The molecule has 0 bridgehead atoms. The van der Waals surface area contributed by atoms with Gasteiger partial charge in [-0.3, -0.25) is 0 Å². The first-order chi connectivity index (χ1) is 8.26. The molecule has 0 aliphatic carbocycles. The molecule has 0 aliphatic heterocycles. The lowest BCUT2D eigenvalue weighted by Gasteiger charge is -2.07. The van der Waals surface area contributed by atoms with Crippen LogP contribution < -0.4 is 5.32 Å². The second-order valence-electron chi connectivity index (χ2n) is 3.67. The molecule has 1 aromatic heterocycles. The van der Waals surface area contributed by atoms with Crippen LogP contribution in [0, 0.1) is 3.57 Å². The van der Waals surface area contributed by atoms with Crippen LogP contribution in [0.1, 0.15) is 25.3 Å². The molecule has 1 aromatic carbocycles. The van der Waals surface area contributed by atoms with Crippen molar-refractivity contribution in [1.82, 2.24) is 15.5 Å². The van der Waals surface area contributed by atoms with Crippen molar-refractivity contribution >= 4 is 22.6 Å². The Hall–Kier alpha value is -0.950. The summed E-state index contributed by atoms with van der Waals surface area (Å²) in [7, 11) is 1.89. The summed E-state index contributed by atoms with van der Waals surface area (Å²) >= 11 is 2.27. The van der Waals surface area contributed by atoms with Crippen LogP contribution >= 0.6 is 22.6 Å². The highest BCUT2D eigenvalue weighted by Gasteiger charge is 2.16. The van der Waals surface area contributed by atoms with Gasteiger partial charge in [0.1, 0.15) is 0 Å². The minimum atomic E-state index is 0.123. The molecular formula is C12H14IN3O. The highest BCUT2D eigenvalue weighted by Crippen LogP contribution is 2.25. The first kappa shape index (κ1) is 12.5. The normalized spacial score (nSPS) is 12.6. The fourth-order valence-electron chi connectivity index (χ4n) is 1.62. The third-order valence-electron chi connectivity index (χ3n) is 2.60. The van der Waals surface area contributed by atoms with E-state index in [1.165, 1.54) is 0 Å². The molecule has 0 radical (unpaired) electrons. The third-order valence-corrected chi connectivity index (χ3v) is 3.54. The van der Waals surface area contributed by atoms with Gasteiger partial charge in [0.2, 0.25) is 11.8 Å². The number of hydrogen-bond acceptors (Lipinski definition) is 4. The first-order valence-electron chi connectivity index (χ1n) is 5.51. The molecule has 5 heteroatoms. The molecular weight excluding hydrogens is 329 g/mol. The number of nitrogens with zero attached hydrogens (tertiary/aromatic N) is 2. The van der Waals surface area contributed by atoms with Gasteiger partial charge in [-0.05, 0) is 48.2 Å². The predicted octanol–water partition coefficient (Wildman–Crippen LogP) is 3.01.